The molecule has 0 aliphatic carbocycles. The van der Waals surface area contributed by atoms with Crippen molar-refractivity contribution < 1.29 is 14.3 Å². The monoisotopic (exact) mass is 198 g/mol. The summed E-state index contributed by atoms with van der Waals surface area (Å²) < 4.78 is 13.1. The van der Waals surface area contributed by atoms with Gasteiger partial charge in [-0.25, -0.2) is 4.39 Å². The van der Waals surface area contributed by atoms with Crippen LogP contribution in [0.25, 0.3) is 0 Å². The van der Waals surface area contributed by atoms with Crippen LogP contribution in [0.2, 0.25) is 0 Å². The minimum Gasteiger partial charge on any atom is -0.480 e. The number of carbonyl (C=O) groups is 1. The molecule has 5 N–H and O–H groups in total. The Morgan fingerprint density at radius 1 is 1.57 bits per heavy atom. The highest BCUT2D eigenvalue weighted by molar-refractivity contribution is 5.73. The quantitative estimate of drug-likeness (QED) is 0.612. The summed E-state index contributed by atoms with van der Waals surface area (Å²) in [5, 5.41) is 8.52. The second-order valence-electron chi connectivity index (χ2n) is 3.00. The van der Waals surface area contributed by atoms with Crippen LogP contribution in [0, 0.1) is 5.82 Å². The first kappa shape index (κ1) is 10.5. The maximum Gasteiger partial charge on any atom is 0.320 e. The van der Waals surface area contributed by atoms with Crippen molar-refractivity contribution >= 4 is 11.7 Å². The molecule has 0 aliphatic rings. The molecule has 0 aliphatic heterocycles. The van der Waals surface area contributed by atoms with Crippen molar-refractivity contribution in [3.63, 3.8) is 0 Å². The van der Waals surface area contributed by atoms with E-state index in [1.165, 1.54) is 18.2 Å². The van der Waals surface area contributed by atoms with E-state index in [0.717, 1.165) is 0 Å². The van der Waals surface area contributed by atoms with Gasteiger partial charge in [-0.15, -0.1) is 0 Å². The molecule has 0 aromatic heterocycles. The largest absolute Gasteiger partial charge is 0.480 e. The first-order valence-electron chi connectivity index (χ1n) is 4.03. The maximum atomic E-state index is 13.1. The zero-order valence-corrected chi connectivity index (χ0v) is 7.40. The highest BCUT2D eigenvalue weighted by Gasteiger charge is 2.14. The average molecular weight is 198 g/mol. The lowest BCUT2D eigenvalue weighted by Gasteiger charge is -2.07. The number of hydrogen-bond acceptors (Lipinski definition) is 3. The summed E-state index contributed by atoms with van der Waals surface area (Å²) in [6, 6.07) is 2.88. The number of nitrogens with two attached hydrogens (primary N) is 2. The molecule has 76 valence electrons. The number of anilines is 1. The first-order chi connectivity index (χ1) is 6.50. The second kappa shape index (κ2) is 4.06. The van der Waals surface area contributed by atoms with Crippen molar-refractivity contribution in [2.75, 3.05) is 5.73 Å². The molecule has 1 rings (SSSR count). The Kier molecular flexibility index (Phi) is 3.03. The van der Waals surface area contributed by atoms with Gasteiger partial charge in [-0.3, -0.25) is 4.79 Å². The molecule has 0 heterocycles. The molecule has 0 spiro atoms. The molecule has 0 saturated heterocycles. The van der Waals surface area contributed by atoms with E-state index < -0.39 is 17.8 Å². The minimum absolute atomic E-state index is 0.0633. The third kappa shape index (κ3) is 2.43. The molecule has 5 heteroatoms. The van der Waals surface area contributed by atoms with Gasteiger partial charge in [0.15, 0.2) is 0 Å². The number of nitrogen functional groups attached to an aromatic ring is 1. The SMILES string of the molecule is Nc1ccc(F)c(C[C@H](N)C(=O)O)c1. The fourth-order valence-electron chi connectivity index (χ4n) is 1.08. The lowest BCUT2D eigenvalue weighted by atomic mass is 10.1. The number of hydrogen-bond donors (Lipinski definition) is 3. The van der Waals surface area contributed by atoms with Crippen molar-refractivity contribution in [3.8, 4) is 0 Å². The number of rotatable bonds is 3. The summed E-state index contributed by atoms with van der Waals surface area (Å²) in [6.07, 6.45) is -0.0633. The normalized spacial score (nSPS) is 12.4. The molecule has 0 radical (unpaired) electrons. The molecule has 1 aromatic rings. The zero-order chi connectivity index (χ0) is 10.7. The Morgan fingerprint density at radius 3 is 2.79 bits per heavy atom. The lowest BCUT2D eigenvalue weighted by Crippen LogP contribution is -2.32. The summed E-state index contributed by atoms with van der Waals surface area (Å²) in [5.74, 6) is -1.65. The number of aliphatic carboxylic acids is 1. The third-order valence-corrected chi connectivity index (χ3v) is 1.83. The Labute approximate surface area is 80.3 Å². The van der Waals surface area contributed by atoms with Crippen molar-refractivity contribution in [2.24, 2.45) is 5.73 Å². The van der Waals surface area contributed by atoms with Crippen LogP contribution in [-0.2, 0) is 11.2 Å². The Hall–Kier alpha value is -1.62. The highest BCUT2D eigenvalue weighted by Crippen LogP contribution is 2.13. The average Bonchev–Trinajstić information content (AvgIpc) is 2.11. The molecule has 0 amide bonds. The summed E-state index contributed by atoms with van der Waals surface area (Å²) in [7, 11) is 0. The molecular formula is C9H11FN2O2. The summed E-state index contributed by atoms with van der Waals surface area (Å²) in [4.78, 5) is 10.4. The predicted molar refractivity (Wildman–Crippen MR) is 50.1 cm³/mol. The molecular weight excluding hydrogens is 187 g/mol. The van der Waals surface area contributed by atoms with Crippen LogP contribution in [0.1, 0.15) is 5.56 Å². The van der Waals surface area contributed by atoms with Crippen molar-refractivity contribution in [1.82, 2.24) is 0 Å². The van der Waals surface area contributed by atoms with Gasteiger partial charge < -0.3 is 16.6 Å². The topological polar surface area (TPSA) is 89.3 Å². The van der Waals surface area contributed by atoms with Gasteiger partial charge in [-0.1, -0.05) is 0 Å². The van der Waals surface area contributed by atoms with Crippen LogP contribution in [0.15, 0.2) is 18.2 Å². The van der Waals surface area contributed by atoms with Gasteiger partial charge in [-0.05, 0) is 23.8 Å². The highest BCUT2D eigenvalue weighted by atomic mass is 19.1. The van der Waals surface area contributed by atoms with Gasteiger partial charge in [0.2, 0.25) is 0 Å². The van der Waals surface area contributed by atoms with Gasteiger partial charge >= 0.3 is 5.97 Å². The molecule has 1 aromatic carbocycles. The van der Waals surface area contributed by atoms with Crippen LogP contribution < -0.4 is 11.5 Å². The number of carboxylic acid groups (broad SMARTS) is 1. The minimum atomic E-state index is -1.16. The van der Waals surface area contributed by atoms with Crippen LogP contribution in [0.5, 0.6) is 0 Å². The Morgan fingerprint density at radius 2 is 2.21 bits per heavy atom. The molecule has 0 saturated carbocycles. The van der Waals surface area contributed by atoms with Gasteiger partial charge in [0.1, 0.15) is 11.9 Å². The van der Waals surface area contributed by atoms with Crippen LogP contribution >= 0.6 is 0 Å². The number of halogens is 1. The third-order valence-electron chi connectivity index (χ3n) is 1.83. The van der Waals surface area contributed by atoms with E-state index >= 15 is 0 Å². The molecule has 1 atom stereocenters. The van der Waals surface area contributed by atoms with Crippen LogP contribution in [0.3, 0.4) is 0 Å². The molecule has 0 bridgehead atoms. The van der Waals surface area contributed by atoms with Crippen molar-refractivity contribution in [1.29, 1.82) is 0 Å². The van der Waals surface area contributed by atoms with E-state index in [9.17, 15) is 9.18 Å². The van der Waals surface area contributed by atoms with Gasteiger partial charge in [0, 0.05) is 12.1 Å². The molecule has 0 fully saturated rings. The van der Waals surface area contributed by atoms with Crippen molar-refractivity contribution in [2.45, 2.75) is 12.5 Å². The standard InChI is InChI=1S/C9H11FN2O2/c10-7-2-1-6(11)3-5(7)4-8(12)9(13)14/h1-3,8H,4,11-12H2,(H,13,14)/t8-/m0/s1. The summed E-state index contributed by atoms with van der Waals surface area (Å²) in [6.45, 7) is 0. The van der Waals surface area contributed by atoms with E-state index in [-0.39, 0.29) is 12.0 Å². The van der Waals surface area contributed by atoms with Gasteiger partial charge in [0.25, 0.3) is 0 Å². The molecule has 4 nitrogen and oxygen atoms in total. The smallest absolute Gasteiger partial charge is 0.320 e. The first-order valence-corrected chi connectivity index (χ1v) is 4.03. The van der Waals surface area contributed by atoms with E-state index in [1.54, 1.807) is 0 Å². The van der Waals surface area contributed by atoms with E-state index in [2.05, 4.69) is 0 Å². The fraction of sp³-hybridized carbons (Fsp3) is 0.222. The summed E-state index contributed by atoms with van der Waals surface area (Å²) >= 11 is 0. The number of carboxylic acids is 1. The van der Waals surface area contributed by atoms with Crippen LogP contribution in [0.4, 0.5) is 10.1 Å². The molecule has 14 heavy (non-hydrogen) atoms. The van der Waals surface area contributed by atoms with E-state index in [1.807, 2.05) is 0 Å². The van der Waals surface area contributed by atoms with Crippen LogP contribution in [-0.4, -0.2) is 17.1 Å². The lowest BCUT2D eigenvalue weighted by molar-refractivity contribution is -0.138. The van der Waals surface area contributed by atoms with Gasteiger partial charge in [0.05, 0.1) is 0 Å². The summed E-state index contributed by atoms with van der Waals surface area (Å²) in [5.41, 5.74) is 11.3. The second-order valence-corrected chi connectivity index (χ2v) is 3.00. The van der Waals surface area contributed by atoms with Gasteiger partial charge in [-0.2, -0.15) is 0 Å². The predicted octanol–water partition coefficient (Wildman–Crippen LogP) is 0.362. The van der Waals surface area contributed by atoms with Crippen molar-refractivity contribution in [3.05, 3.63) is 29.6 Å². The zero-order valence-electron chi connectivity index (χ0n) is 7.40. The van der Waals surface area contributed by atoms with E-state index in [4.69, 9.17) is 16.6 Å². The maximum absolute atomic E-state index is 13.1. The Bertz CT molecular complexity index is 355. The Balaban J connectivity index is 2.85. The number of benzene rings is 1. The molecule has 0 unspecified atom stereocenters. The van der Waals surface area contributed by atoms with E-state index in [0.29, 0.717) is 5.69 Å². The fourth-order valence-corrected chi connectivity index (χ4v) is 1.08.